The molecule has 2 aliphatic heterocycles. The summed E-state index contributed by atoms with van der Waals surface area (Å²) >= 11 is 0. The molecule has 32 heavy (non-hydrogen) atoms. The molecule has 0 aromatic carbocycles. The third kappa shape index (κ3) is 2.86. The Hall–Kier alpha value is -0.490. The fourth-order valence-corrected chi connectivity index (χ4v) is 10.7. The molecule has 13 atom stereocenters. The third-order valence-corrected chi connectivity index (χ3v) is 12.1. The summed E-state index contributed by atoms with van der Waals surface area (Å²) in [5, 5.41) is 36.3. The van der Waals surface area contributed by atoms with Crippen LogP contribution in [0, 0.1) is 58.0 Å². The highest BCUT2D eigenvalue weighted by molar-refractivity contribution is 5.83. The summed E-state index contributed by atoms with van der Waals surface area (Å²) in [6.45, 7) is 7.87. The normalized spacial score (nSPS) is 61.8. The van der Waals surface area contributed by atoms with Gasteiger partial charge in [-0.05, 0) is 81.0 Å². The molecule has 2 heterocycles. The van der Waals surface area contributed by atoms with Crippen LogP contribution in [0.2, 0.25) is 0 Å². The van der Waals surface area contributed by atoms with Gasteiger partial charge in [0, 0.05) is 36.5 Å². The van der Waals surface area contributed by atoms with Crippen LogP contribution in [0.3, 0.4) is 0 Å². The number of ketones is 1. The highest BCUT2D eigenvalue weighted by atomic mass is 16.6. The lowest BCUT2D eigenvalue weighted by molar-refractivity contribution is -0.933. The van der Waals surface area contributed by atoms with Gasteiger partial charge in [0.25, 0.3) is 0 Å². The molecule has 5 nitrogen and oxygen atoms in total. The minimum absolute atomic E-state index is 0.00908. The molecule has 1 unspecified atom stereocenters. The van der Waals surface area contributed by atoms with E-state index >= 15 is 0 Å². The zero-order valence-corrected chi connectivity index (χ0v) is 20.2. The molecular weight excluding hydrogens is 402 g/mol. The van der Waals surface area contributed by atoms with Crippen molar-refractivity contribution in [3.63, 3.8) is 0 Å². The topological polar surface area (TPSA) is 80.6 Å². The second-order valence-electron chi connectivity index (χ2n) is 13.6. The summed E-state index contributed by atoms with van der Waals surface area (Å²) in [4.78, 5) is 13.3. The molecule has 0 spiro atoms. The molecule has 6 rings (SSSR count). The van der Waals surface area contributed by atoms with Gasteiger partial charge in [0.15, 0.2) is 0 Å². The quantitative estimate of drug-likeness (QED) is 0.438. The summed E-state index contributed by atoms with van der Waals surface area (Å²) < 4.78 is -0.182. The van der Waals surface area contributed by atoms with Gasteiger partial charge in [-0.15, -0.1) is 0 Å². The fourth-order valence-electron chi connectivity index (χ4n) is 10.7. The highest BCUT2D eigenvalue weighted by Crippen LogP contribution is 2.67. The van der Waals surface area contributed by atoms with Crippen molar-refractivity contribution < 1.29 is 19.7 Å². The van der Waals surface area contributed by atoms with E-state index in [1.165, 1.54) is 0 Å². The molecule has 2 N–H and O–H groups in total. The molecule has 4 aliphatic carbocycles. The highest BCUT2D eigenvalue weighted by Gasteiger charge is 2.66. The predicted octanol–water partition coefficient (Wildman–Crippen LogP) is 3.90. The molecule has 180 valence electrons. The van der Waals surface area contributed by atoms with Gasteiger partial charge in [-0.3, -0.25) is 4.79 Å². The summed E-state index contributed by atoms with van der Waals surface area (Å²) in [6, 6.07) is -0.163. The average Bonchev–Trinajstić information content (AvgIpc) is 3.08. The fraction of sp³-hybridized carbons (Fsp3) is 0.963. The first-order valence-electron chi connectivity index (χ1n) is 13.6. The SMILES string of the molecule is C[C@H]1CC[C@H]2[C@@](C)(O)[C@@H]3CC[C@@H]4[C@@H](C[C@H]5[C@H]4CC(=O)[C@H]4C[C@@H](O)CC[C@@]45C)[C@@H]3C[N+]2([O-])C1. The predicted molar refractivity (Wildman–Crippen MR) is 122 cm³/mol. The monoisotopic (exact) mass is 445 g/mol. The maximum absolute atomic E-state index is 14.2. The van der Waals surface area contributed by atoms with Gasteiger partial charge in [0.05, 0.1) is 19.2 Å². The molecule has 0 aromatic rings. The number of piperidine rings is 2. The van der Waals surface area contributed by atoms with E-state index < -0.39 is 5.60 Å². The first kappa shape index (κ1) is 22.0. The van der Waals surface area contributed by atoms with E-state index in [0.29, 0.717) is 67.2 Å². The molecule has 4 saturated carbocycles. The second kappa shape index (κ2) is 7.02. The van der Waals surface area contributed by atoms with E-state index in [-0.39, 0.29) is 34.0 Å². The number of aliphatic hydroxyl groups is 2. The Morgan fingerprint density at radius 1 is 0.938 bits per heavy atom. The van der Waals surface area contributed by atoms with Crippen molar-refractivity contribution in [3.8, 4) is 0 Å². The van der Waals surface area contributed by atoms with E-state index in [2.05, 4.69) is 13.8 Å². The number of hydroxylamine groups is 3. The smallest absolute Gasteiger partial charge is 0.136 e. The summed E-state index contributed by atoms with van der Waals surface area (Å²) in [6.07, 6.45) is 7.96. The number of rotatable bonds is 0. The third-order valence-electron chi connectivity index (χ3n) is 12.1. The van der Waals surface area contributed by atoms with Crippen molar-refractivity contribution in [2.75, 3.05) is 13.1 Å². The lowest BCUT2D eigenvalue weighted by Crippen LogP contribution is -2.73. The van der Waals surface area contributed by atoms with E-state index in [0.717, 1.165) is 44.9 Å². The summed E-state index contributed by atoms with van der Waals surface area (Å²) in [7, 11) is 0. The Bertz CT molecular complexity index is 794. The largest absolute Gasteiger partial charge is 0.633 e. The molecule has 2 saturated heterocycles. The van der Waals surface area contributed by atoms with Crippen LogP contribution in [0.5, 0.6) is 0 Å². The van der Waals surface area contributed by atoms with Crippen molar-refractivity contribution in [3.05, 3.63) is 5.21 Å². The molecule has 6 fully saturated rings. The van der Waals surface area contributed by atoms with Crippen LogP contribution in [-0.4, -0.2) is 51.5 Å². The number of Topliss-reactive ketones (excluding diaryl/α,β-unsaturated/α-hetero) is 1. The molecule has 0 aromatic heterocycles. The molecular formula is C27H43NO4. The van der Waals surface area contributed by atoms with Crippen molar-refractivity contribution >= 4 is 5.78 Å². The van der Waals surface area contributed by atoms with Crippen LogP contribution in [-0.2, 0) is 4.79 Å². The first-order chi connectivity index (χ1) is 15.0. The Labute approximate surface area is 193 Å². The Morgan fingerprint density at radius 2 is 1.72 bits per heavy atom. The lowest BCUT2D eigenvalue weighted by Gasteiger charge is -2.66. The zero-order valence-electron chi connectivity index (χ0n) is 20.2. The van der Waals surface area contributed by atoms with Gasteiger partial charge in [-0.1, -0.05) is 13.8 Å². The van der Waals surface area contributed by atoms with Gasteiger partial charge in [0.1, 0.15) is 17.4 Å². The average molecular weight is 446 g/mol. The Balaban J connectivity index is 1.33. The van der Waals surface area contributed by atoms with E-state index in [4.69, 9.17) is 0 Å². The Morgan fingerprint density at radius 3 is 2.50 bits per heavy atom. The number of aliphatic hydroxyl groups excluding tert-OH is 1. The van der Waals surface area contributed by atoms with Crippen LogP contribution < -0.4 is 0 Å². The van der Waals surface area contributed by atoms with Crippen molar-refractivity contribution in [1.29, 1.82) is 0 Å². The lowest BCUT2D eigenvalue weighted by atomic mass is 9.51. The number of fused-ring (bicyclic) bond motifs is 8. The van der Waals surface area contributed by atoms with E-state index in [1.54, 1.807) is 0 Å². The molecule has 0 radical (unpaired) electrons. The molecule has 0 amide bonds. The zero-order chi connectivity index (χ0) is 22.6. The number of carbonyl (C=O) groups is 1. The van der Waals surface area contributed by atoms with Gasteiger partial charge in [-0.25, -0.2) is 0 Å². The minimum atomic E-state index is -0.874. The van der Waals surface area contributed by atoms with E-state index in [9.17, 15) is 20.2 Å². The van der Waals surface area contributed by atoms with E-state index in [1.807, 2.05) is 6.92 Å². The number of carbonyl (C=O) groups excluding carboxylic acids is 1. The first-order valence-corrected chi connectivity index (χ1v) is 13.6. The molecule has 0 bridgehead atoms. The summed E-state index contributed by atoms with van der Waals surface area (Å²) in [5.41, 5.74) is -0.865. The maximum Gasteiger partial charge on any atom is 0.136 e. The van der Waals surface area contributed by atoms with Crippen LogP contribution in [0.4, 0.5) is 0 Å². The van der Waals surface area contributed by atoms with Crippen LogP contribution in [0.15, 0.2) is 0 Å². The maximum atomic E-state index is 14.2. The molecule has 5 heteroatoms. The number of hydrogen-bond donors (Lipinski definition) is 2. The van der Waals surface area contributed by atoms with Crippen molar-refractivity contribution in [2.45, 2.75) is 96.3 Å². The van der Waals surface area contributed by atoms with Crippen LogP contribution >= 0.6 is 0 Å². The van der Waals surface area contributed by atoms with Crippen molar-refractivity contribution in [1.82, 2.24) is 0 Å². The van der Waals surface area contributed by atoms with Crippen LogP contribution in [0.1, 0.15) is 78.6 Å². The van der Waals surface area contributed by atoms with Crippen LogP contribution in [0.25, 0.3) is 0 Å². The molecule has 6 aliphatic rings. The number of nitrogens with zero attached hydrogens (tertiary/aromatic N) is 1. The minimum Gasteiger partial charge on any atom is -0.633 e. The number of quaternary nitrogens is 1. The van der Waals surface area contributed by atoms with Gasteiger partial charge < -0.3 is 20.1 Å². The number of hydrogen-bond acceptors (Lipinski definition) is 4. The second-order valence-corrected chi connectivity index (χ2v) is 13.6. The standard InChI is InChI=1S/C27H43NO4/c1-15-4-7-25-27(3,31)21-6-5-17-18(20(21)14-28(25,32)13-15)11-22-19(17)12-24(30)23-10-16(29)8-9-26(22,23)2/h15-23,25,29,31H,4-14H2,1-3H3/t15-,16-,17+,18+,19-,20-,21+,22-,23+,25-,26+,27-,28?/m0/s1. The summed E-state index contributed by atoms with van der Waals surface area (Å²) in [5.74, 6) is 3.37. The Kier molecular flexibility index (Phi) is 4.83. The van der Waals surface area contributed by atoms with Crippen molar-refractivity contribution in [2.24, 2.45) is 52.8 Å². The van der Waals surface area contributed by atoms with Gasteiger partial charge in [-0.2, -0.15) is 0 Å². The van der Waals surface area contributed by atoms with Gasteiger partial charge in [0.2, 0.25) is 0 Å². The van der Waals surface area contributed by atoms with Gasteiger partial charge >= 0.3 is 0 Å².